The van der Waals surface area contributed by atoms with Gasteiger partial charge in [-0.05, 0) is 37.0 Å². The van der Waals surface area contributed by atoms with Crippen LogP contribution in [0.1, 0.15) is 39.1 Å². The minimum absolute atomic E-state index is 0.0761. The normalized spacial score (nSPS) is 10.8. The first-order chi connectivity index (χ1) is 13.9. The summed E-state index contributed by atoms with van der Waals surface area (Å²) in [5, 5.41) is 13.9. The molecule has 1 aromatic heterocycles. The lowest BCUT2D eigenvalue weighted by molar-refractivity contribution is -0.117. The molecule has 2 aromatic rings. The Hall–Kier alpha value is -2.55. The van der Waals surface area contributed by atoms with Gasteiger partial charge >= 0.3 is 6.03 Å². The second-order valence-electron chi connectivity index (χ2n) is 6.89. The number of aryl methyl sites for hydroxylation is 1. The van der Waals surface area contributed by atoms with Gasteiger partial charge in [-0.2, -0.15) is 0 Å². The molecule has 0 aliphatic heterocycles. The summed E-state index contributed by atoms with van der Waals surface area (Å²) in [5.41, 5.74) is 1.25. The molecule has 0 saturated carbocycles. The molecule has 8 nitrogen and oxygen atoms in total. The van der Waals surface area contributed by atoms with Crippen molar-refractivity contribution in [1.29, 1.82) is 0 Å². The number of urea groups is 1. The van der Waals surface area contributed by atoms with Crippen molar-refractivity contribution in [3.05, 3.63) is 35.7 Å². The molecular formula is C20H29N5O3S. The molecule has 9 heteroatoms. The number of thioether (sulfide) groups is 1. The minimum atomic E-state index is -0.495. The van der Waals surface area contributed by atoms with Gasteiger partial charge in [0.2, 0.25) is 5.91 Å². The summed E-state index contributed by atoms with van der Waals surface area (Å²) in [5.74, 6) is 1.54. The van der Waals surface area contributed by atoms with Gasteiger partial charge in [-0.3, -0.25) is 10.1 Å². The van der Waals surface area contributed by atoms with Crippen molar-refractivity contribution in [3.63, 3.8) is 0 Å². The number of hydrogen-bond donors (Lipinski definition) is 2. The van der Waals surface area contributed by atoms with Crippen LogP contribution < -0.4 is 15.4 Å². The zero-order valence-electron chi connectivity index (χ0n) is 17.4. The van der Waals surface area contributed by atoms with E-state index in [-0.39, 0.29) is 18.3 Å². The van der Waals surface area contributed by atoms with Gasteiger partial charge in [0.05, 0.1) is 5.75 Å². The predicted octanol–water partition coefficient (Wildman–Crippen LogP) is 3.01. The van der Waals surface area contributed by atoms with Crippen molar-refractivity contribution < 1.29 is 14.3 Å². The Kier molecular flexibility index (Phi) is 8.98. The van der Waals surface area contributed by atoms with E-state index in [4.69, 9.17) is 4.74 Å². The first-order valence-corrected chi connectivity index (χ1v) is 10.8. The summed E-state index contributed by atoms with van der Waals surface area (Å²) >= 11 is 1.25. The summed E-state index contributed by atoms with van der Waals surface area (Å²) in [6.07, 6.45) is 0.983. The number of benzene rings is 1. The Morgan fingerprint density at radius 1 is 1.17 bits per heavy atom. The van der Waals surface area contributed by atoms with E-state index in [9.17, 15) is 9.59 Å². The Labute approximate surface area is 175 Å². The highest BCUT2D eigenvalue weighted by atomic mass is 32.2. The van der Waals surface area contributed by atoms with Gasteiger partial charge in [-0.25, -0.2) is 4.79 Å². The topological polar surface area (TPSA) is 98.1 Å². The van der Waals surface area contributed by atoms with E-state index in [0.29, 0.717) is 30.0 Å². The maximum Gasteiger partial charge on any atom is 0.321 e. The monoisotopic (exact) mass is 419 g/mol. The number of aromatic nitrogens is 3. The van der Waals surface area contributed by atoms with Crippen molar-refractivity contribution in [2.75, 3.05) is 12.3 Å². The zero-order chi connectivity index (χ0) is 21.2. The van der Waals surface area contributed by atoms with Gasteiger partial charge in [-0.15, -0.1) is 10.2 Å². The maximum absolute atomic E-state index is 11.9. The summed E-state index contributed by atoms with van der Waals surface area (Å²) in [6, 6.07) is 7.49. The Balaban J connectivity index is 2.00. The van der Waals surface area contributed by atoms with Crippen LogP contribution in [0, 0.1) is 5.92 Å². The van der Waals surface area contributed by atoms with Crippen molar-refractivity contribution >= 4 is 23.7 Å². The molecular weight excluding hydrogens is 390 g/mol. The molecule has 3 amide bonds. The first-order valence-electron chi connectivity index (χ1n) is 9.77. The Morgan fingerprint density at radius 2 is 1.90 bits per heavy atom. The minimum Gasteiger partial charge on any atom is -0.486 e. The molecule has 158 valence electrons. The van der Waals surface area contributed by atoms with E-state index >= 15 is 0 Å². The fourth-order valence-corrected chi connectivity index (χ4v) is 3.31. The molecule has 0 saturated heterocycles. The van der Waals surface area contributed by atoms with E-state index in [1.165, 1.54) is 17.3 Å². The molecule has 1 aromatic carbocycles. The number of carbonyl (C=O) groups excluding carboxylic acids is 2. The van der Waals surface area contributed by atoms with Crippen LogP contribution in [0.25, 0.3) is 0 Å². The molecule has 0 spiro atoms. The highest BCUT2D eigenvalue weighted by molar-refractivity contribution is 7.99. The average Bonchev–Trinajstić information content (AvgIpc) is 3.06. The van der Waals surface area contributed by atoms with Gasteiger partial charge in [0.15, 0.2) is 11.0 Å². The number of imide groups is 1. The molecule has 2 N–H and O–H groups in total. The molecule has 0 radical (unpaired) electrons. The number of rotatable bonds is 10. The largest absolute Gasteiger partial charge is 0.486 e. The average molecular weight is 420 g/mol. The van der Waals surface area contributed by atoms with E-state index in [1.54, 1.807) is 6.92 Å². The fraction of sp³-hybridized carbons (Fsp3) is 0.500. The highest BCUT2D eigenvalue weighted by Crippen LogP contribution is 2.20. The molecule has 1 heterocycles. The van der Waals surface area contributed by atoms with Gasteiger partial charge in [0.1, 0.15) is 12.4 Å². The lowest BCUT2D eigenvalue weighted by atomic mass is 10.2. The molecule has 29 heavy (non-hydrogen) atoms. The van der Waals surface area contributed by atoms with E-state index in [0.717, 1.165) is 12.2 Å². The van der Waals surface area contributed by atoms with Crippen molar-refractivity contribution in [2.45, 2.75) is 52.4 Å². The fourth-order valence-electron chi connectivity index (χ4n) is 2.55. The Morgan fingerprint density at radius 3 is 2.52 bits per heavy atom. The zero-order valence-corrected chi connectivity index (χ0v) is 18.2. The number of carbonyl (C=O) groups is 2. The number of ether oxygens (including phenoxy) is 1. The number of hydrogen-bond acceptors (Lipinski definition) is 6. The van der Waals surface area contributed by atoms with E-state index in [1.807, 2.05) is 28.8 Å². The van der Waals surface area contributed by atoms with Crippen molar-refractivity contribution in [3.8, 4) is 5.75 Å². The first kappa shape index (κ1) is 22.7. The van der Waals surface area contributed by atoms with Crippen LogP contribution in [0.15, 0.2) is 29.4 Å². The van der Waals surface area contributed by atoms with Gasteiger partial charge in [0, 0.05) is 13.1 Å². The molecule has 0 aliphatic rings. The standard InChI is InChI=1S/C20H29N5O3S/c1-5-15-7-9-16(10-8-15)28-12-17-23-24-20(25(17)11-14(3)4)29-13-18(26)22-19(27)21-6-2/h7-10,14H,5-6,11-13H2,1-4H3,(H2,21,22,26,27). The number of nitrogens with zero attached hydrogens (tertiary/aromatic N) is 3. The van der Waals surface area contributed by atoms with Crippen LogP contribution >= 0.6 is 11.8 Å². The third-order valence-corrected chi connectivity index (χ3v) is 4.93. The second kappa shape index (κ2) is 11.5. The Bertz CT molecular complexity index is 805. The highest BCUT2D eigenvalue weighted by Gasteiger charge is 2.16. The van der Waals surface area contributed by atoms with E-state index < -0.39 is 6.03 Å². The van der Waals surface area contributed by atoms with Crippen molar-refractivity contribution in [1.82, 2.24) is 25.4 Å². The van der Waals surface area contributed by atoms with Crippen LogP contribution in [-0.2, 0) is 24.4 Å². The lowest BCUT2D eigenvalue weighted by Crippen LogP contribution is -2.40. The predicted molar refractivity (Wildman–Crippen MR) is 113 cm³/mol. The van der Waals surface area contributed by atoms with Gasteiger partial charge < -0.3 is 14.6 Å². The third-order valence-electron chi connectivity index (χ3n) is 3.96. The lowest BCUT2D eigenvalue weighted by Gasteiger charge is -2.13. The SMILES string of the molecule is CCNC(=O)NC(=O)CSc1nnc(COc2ccc(CC)cc2)n1CC(C)C. The molecule has 0 aliphatic carbocycles. The molecule has 0 atom stereocenters. The smallest absolute Gasteiger partial charge is 0.321 e. The van der Waals surface area contributed by atoms with E-state index in [2.05, 4.69) is 41.6 Å². The molecule has 0 unspecified atom stereocenters. The van der Waals surface area contributed by atoms with Crippen LogP contribution in [0.4, 0.5) is 4.79 Å². The number of amides is 3. The third kappa shape index (κ3) is 7.41. The van der Waals surface area contributed by atoms with Crippen LogP contribution in [0.5, 0.6) is 5.75 Å². The summed E-state index contributed by atoms with van der Waals surface area (Å²) < 4.78 is 7.83. The second-order valence-corrected chi connectivity index (χ2v) is 7.83. The summed E-state index contributed by atoms with van der Waals surface area (Å²) in [7, 11) is 0. The molecule has 0 bridgehead atoms. The number of nitrogens with one attached hydrogen (secondary N) is 2. The van der Waals surface area contributed by atoms with Crippen LogP contribution in [-0.4, -0.2) is 39.0 Å². The summed E-state index contributed by atoms with van der Waals surface area (Å²) in [4.78, 5) is 23.4. The van der Waals surface area contributed by atoms with Crippen LogP contribution in [0.3, 0.4) is 0 Å². The van der Waals surface area contributed by atoms with Gasteiger partial charge in [-0.1, -0.05) is 44.7 Å². The molecule has 2 rings (SSSR count). The molecule has 0 fully saturated rings. The summed E-state index contributed by atoms with van der Waals surface area (Å²) in [6.45, 7) is 9.56. The van der Waals surface area contributed by atoms with Crippen LogP contribution in [0.2, 0.25) is 0 Å². The quantitative estimate of drug-likeness (QED) is 0.575. The van der Waals surface area contributed by atoms with Gasteiger partial charge in [0.25, 0.3) is 0 Å². The van der Waals surface area contributed by atoms with Crippen molar-refractivity contribution in [2.24, 2.45) is 5.92 Å². The maximum atomic E-state index is 11.9.